The van der Waals surface area contributed by atoms with Crippen molar-refractivity contribution >= 4 is 0 Å². The minimum atomic E-state index is 0.911. The highest BCUT2D eigenvalue weighted by atomic mass is 15.1. The smallest absolute Gasteiger partial charge is 0.212 e. The molecule has 0 aliphatic carbocycles. The summed E-state index contributed by atoms with van der Waals surface area (Å²) in [6, 6.07) is 10.8. The molecule has 4 rings (SSSR count). The molecule has 0 spiro atoms. The Morgan fingerprint density at radius 3 is 2.95 bits per heavy atom. The quantitative estimate of drug-likeness (QED) is 0.483. The van der Waals surface area contributed by atoms with Gasteiger partial charge in [-0.15, -0.1) is 0 Å². The molecule has 0 atom stereocenters. The molecule has 0 radical (unpaired) electrons. The first kappa shape index (κ1) is 11.4. The van der Waals surface area contributed by atoms with E-state index in [1.807, 2.05) is 12.4 Å². The topological polar surface area (TPSA) is 21.7 Å². The van der Waals surface area contributed by atoms with Gasteiger partial charge in [0.15, 0.2) is 6.20 Å². The highest BCUT2D eigenvalue weighted by molar-refractivity contribution is 5.72. The fourth-order valence-corrected chi connectivity index (χ4v) is 3.14. The van der Waals surface area contributed by atoms with E-state index < -0.39 is 0 Å². The number of imidazole rings is 1. The maximum absolute atomic E-state index is 4.45. The predicted molar refractivity (Wildman–Crippen MR) is 77.7 cm³/mol. The zero-order chi connectivity index (χ0) is 13.7. The van der Waals surface area contributed by atoms with Crippen LogP contribution in [0.5, 0.6) is 0 Å². The standard InChI is InChI=1S/C17H16N3/c1-12-6-7-14-13(11-16-18-8-10-20(14)16)17(12)15-5-3-4-9-19(15)2/h3-10H,11H2,1-2H3/q+1. The first-order chi connectivity index (χ1) is 9.75. The van der Waals surface area contributed by atoms with Gasteiger partial charge in [0.1, 0.15) is 12.9 Å². The third-order valence-corrected chi connectivity index (χ3v) is 4.12. The molecule has 1 aromatic carbocycles. The van der Waals surface area contributed by atoms with Gasteiger partial charge in [0.25, 0.3) is 0 Å². The Balaban J connectivity index is 2.02. The first-order valence-electron chi connectivity index (χ1n) is 6.86. The van der Waals surface area contributed by atoms with Crippen LogP contribution in [0.1, 0.15) is 17.0 Å². The van der Waals surface area contributed by atoms with Crippen LogP contribution in [-0.2, 0) is 13.5 Å². The summed E-state index contributed by atoms with van der Waals surface area (Å²) in [5, 5.41) is 0. The van der Waals surface area contributed by atoms with Crippen LogP contribution < -0.4 is 4.57 Å². The second kappa shape index (κ2) is 4.04. The number of benzene rings is 1. The number of rotatable bonds is 1. The van der Waals surface area contributed by atoms with E-state index in [0.29, 0.717) is 0 Å². The minimum Gasteiger partial charge on any atom is -0.303 e. The molecule has 0 fully saturated rings. The van der Waals surface area contributed by atoms with Crippen molar-refractivity contribution in [3.05, 3.63) is 65.9 Å². The maximum atomic E-state index is 4.45. The summed E-state index contributed by atoms with van der Waals surface area (Å²) in [6.07, 6.45) is 6.93. The highest BCUT2D eigenvalue weighted by Gasteiger charge is 2.26. The summed E-state index contributed by atoms with van der Waals surface area (Å²) in [4.78, 5) is 4.45. The van der Waals surface area contributed by atoms with Gasteiger partial charge in [-0.1, -0.05) is 6.07 Å². The van der Waals surface area contributed by atoms with Gasteiger partial charge in [-0.3, -0.25) is 0 Å². The molecule has 20 heavy (non-hydrogen) atoms. The maximum Gasteiger partial charge on any atom is 0.212 e. The average Bonchev–Trinajstić information content (AvgIpc) is 3.00. The molecule has 3 heterocycles. The van der Waals surface area contributed by atoms with Crippen LogP contribution in [0.4, 0.5) is 0 Å². The van der Waals surface area contributed by atoms with Crippen LogP contribution in [0, 0.1) is 6.92 Å². The Morgan fingerprint density at radius 1 is 1.20 bits per heavy atom. The van der Waals surface area contributed by atoms with E-state index in [4.69, 9.17) is 0 Å². The van der Waals surface area contributed by atoms with Crippen LogP contribution in [0.25, 0.3) is 16.9 Å². The van der Waals surface area contributed by atoms with E-state index in [9.17, 15) is 0 Å². The van der Waals surface area contributed by atoms with Gasteiger partial charge < -0.3 is 4.57 Å². The van der Waals surface area contributed by atoms with Crippen LogP contribution in [0.3, 0.4) is 0 Å². The van der Waals surface area contributed by atoms with E-state index in [2.05, 4.69) is 64.6 Å². The molecule has 0 N–H and O–H groups in total. The van der Waals surface area contributed by atoms with Gasteiger partial charge in [0.2, 0.25) is 5.69 Å². The second-order valence-corrected chi connectivity index (χ2v) is 5.34. The van der Waals surface area contributed by atoms with E-state index >= 15 is 0 Å². The third kappa shape index (κ3) is 1.46. The molecule has 0 saturated heterocycles. The Bertz CT molecular complexity index is 815. The summed E-state index contributed by atoms with van der Waals surface area (Å²) < 4.78 is 4.38. The first-order valence-corrected chi connectivity index (χ1v) is 6.86. The fraction of sp³-hybridized carbons (Fsp3) is 0.176. The van der Waals surface area contributed by atoms with Crippen LogP contribution in [0.2, 0.25) is 0 Å². The molecule has 1 aliphatic heterocycles. The Hall–Kier alpha value is -2.42. The molecule has 0 saturated carbocycles. The highest BCUT2D eigenvalue weighted by Crippen LogP contribution is 2.35. The molecule has 3 aromatic rings. The lowest BCUT2D eigenvalue weighted by molar-refractivity contribution is -0.660. The summed E-state index contributed by atoms with van der Waals surface area (Å²) in [5.74, 6) is 1.13. The van der Waals surface area contributed by atoms with E-state index in [1.165, 1.54) is 28.1 Å². The molecule has 3 heteroatoms. The third-order valence-electron chi connectivity index (χ3n) is 4.12. The van der Waals surface area contributed by atoms with Crippen molar-refractivity contribution in [2.45, 2.75) is 13.3 Å². The molecule has 98 valence electrons. The largest absolute Gasteiger partial charge is 0.303 e. The number of fused-ring (bicyclic) bond motifs is 3. The van der Waals surface area contributed by atoms with Crippen LogP contribution in [0.15, 0.2) is 48.9 Å². The van der Waals surface area contributed by atoms with E-state index in [1.54, 1.807) is 0 Å². The number of pyridine rings is 1. The van der Waals surface area contributed by atoms with Crippen molar-refractivity contribution in [1.29, 1.82) is 0 Å². The molecular weight excluding hydrogens is 246 g/mol. The summed E-state index contributed by atoms with van der Waals surface area (Å²) >= 11 is 0. The van der Waals surface area contributed by atoms with Crippen molar-refractivity contribution in [2.75, 3.05) is 0 Å². The number of hydrogen-bond donors (Lipinski definition) is 0. The molecule has 0 unspecified atom stereocenters. The number of aromatic nitrogens is 3. The normalized spacial score (nSPS) is 12.3. The molecule has 2 aromatic heterocycles. The number of aryl methyl sites for hydroxylation is 2. The average molecular weight is 262 g/mol. The van der Waals surface area contributed by atoms with Crippen LogP contribution in [-0.4, -0.2) is 9.55 Å². The van der Waals surface area contributed by atoms with Gasteiger partial charge >= 0.3 is 0 Å². The lowest BCUT2D eigenvalue weighted by atomic mass is 9.96. The molecule has 3 nitrogen and oxygen atoms in total. The van der Waals surface area contributed by atoms with Crippen LogP contribution >= 0.6 is 0 Å². The zero-order valence-corrected chi connectivity index (χ0v) is 11.7. The monoisotopic (exact) mass is 262 g/mol. The van der Waals surface area contributed by atoms with Gasteiger partial charge in [0.05, 0.1) is 11.3 Å². The zero-order valence-electron chi connectivity index (χ0n) is 11.7. The molecule has 0 amide bonds. The lowest BCUT2D eigenvalue weighted by Gasteiger charge is -2.10. The summed E-state index contributed by atoms with van der Waals surface area (Å²) in [5.41, 5.74) is 6.57. The second-order valence-electron chi connectivity index (χ2n) is 5.34. The van der Waals surface area contributed by atoms with Crippen molar-refractivity contribution < 1.29 is 4.57 Å². The lowest BCUT2D eigenvalue weighted by Crippen LogP contribution is -2.30. The summed E-state index contributed by atoms with van der Waals surface area (Å²) in [7, 11) is 2.10. The Kier molecular flexibility index (Phi) is 2.30. The molecular formula is C17H16N3+. The van der Waals surface area contributed by atoms with E-state index in [0.717, 1.165) is 12.2 Å². The molecule has 0 bridgehead atoms. The van der Waals surface area contributed by atoms with Gasteiger partial charge in [-0.05, 0) is 30.2 Å². The van der Waals surface area contributed by atoms with Crippen molar-refractivity contribution in [1.82, 2.24) is 9.55 Å². The van der Waals surface area contributed by atoms with Crippen molar-refractivity contribution in [2.24, 2.45) is 7.05 Å². The van der Waals surface area contributed by atoms with Gasteiger partial charge in [-0.2, -0.15) is 0 Å². The van der Waals surface area contributed by atoms with Gasteiger partial charge in [-0.25, -0.2) is 9.55 Å². The SMILES string of the molecule is Cc1ccc2c(c1-c1cccc[n+]1C)Cc1nccn1-2. The number of nitrogens with zero attached hydrogens (tertiary/aromatic N) is 3. The van der Waals surface area contributed by atoms with E-state index in [-0.39, 0.29) is 0 Å². The van der Waals surface area contributed by atoms with Crippen molar-refractivity contribution in [3.8, 4) is 16.9 Å². The number of hydrogen-bond acceptors (Lipinski definition) is 1. The fourth-order valence-electron chi connectivity index (χ4n) is 3.14. The Morgan fingerprint density at radius 2 is 2.10 bits per heavy atom. The molecule has 1 aliphatic rings. The minimum absolute atomic E-state index is 0.911. The Labute approximate surface area is 118 Å². The van der Waals surface area contributed by atoms with Crippen molar-refractivity contribution in [3.63, 3.8) is 0 Å². The predicted octanol–water partition coefficient (Wildman–Crippen LogP) is 2.58. The summed E-state index contributed by atoms with van der Waals surface area (Å²) in [6.45, 7) is 2.18. The van der Waals surface area contributed by atoms with Gasteiger partial charge in [0, 0.05) is 30.9 Å².